The zero-order chi connectivity index (χ0) is 14.0. The molecule has 3 heteroatoms. The quantitative estimate of drug-likeness (QED) is 0.753. The van der Waals surface area contributed by atoms with Crippen molar-refractivity contribution < 1.29 is 9.18 Å². The smallest absolute Gasteiger partial charge is 0.167 e. The van der Waals surface area contributed by atoms with Crippen molar-refractivity contribution in [3.8, 4) is 0 Å². The lowest BCUT2D eigenvalue weighted by Gasteiger charge is -2.09. The van der Waals surface area contributed by atoms with Gasteiger partial charge in [0.25, 0.3) is 0 Å². The number of ketones is 1. The van der Waals surface area contributed by atoms with Crippen molar-refractivity contribution in [3.63, 3.8) is 0 Å². The normalized spacial score (nSPS) is 10.5. The molecule has 0 saturated carbocycles. The van der Waals surface area contributed by atoms with Crippen molar-refractivity contribution >= 4 is 17.4 Å². The minimum Gasteiger partial charge on any atom is -0.294 e. The molecule has 0 bridgehead atoms. The maximum atomic E-state index is 13.2. The Labute approximate surface area is 117 Å². The van der Waals surface area contributed by atoms with E-state index in [1.165, 1.54) is 18.2 Å². The van der Waals surface area contributed by atoms with E-state index in [9.17, 15) is 9.18 Å². The number of hydrogen-bond acceptors (Lipinski definition) is 1. The van der Waals surface area contributed by atoms with Crippen LogP contribution in [0.15, 0.2) is 36.4 Å². The summed E-state index contributed by atoms with van der Waals surface area (Å²) < 4.78 is 13.2. The molecule has 19 heavy (non-hydrogen) atoms. The summed E-state index contributed by atoms with van der Waals surface area (Å²) in [6.45, 7) is 3.79. The van der Waals surface area contributed by atoms with Crippen molar-refractivity contribution in [3.05, 3.63) is 69.5 Å². The summed E-state index contributed by atoms with van der Waals surface area (Å²) in [5.41, 5.74) is 3.08. The minimum absolute atomic E-state index is 0.0388. The third-order valence-electron chi connectivity index (χ3n) is 3.12. The first-order valence-corrected chi connectivity index (χ1v) is 6.40. The van der Waals surface area contributed by atoms with Crippen LogP contribution in [0.2, 0.25) is 5.02 Å². The topological polar surface area (TPSA) is 17.1 Å². The van der Waals surface area contributed by atoms with Crippen LogP contribution in [0.1, 0.15) is 27.0 Å². The Morgan fingerprint density at radius 2 is 1.79 bits per heavy atom. The van der Waals surface area contributed by atoms with Gasteiger partial charge in [-0.1, -0.05) is 29.8 Å². The van der Waals surface area contributed by atoms with Crippen molar-refractivity contribution in [2.45, 2.75) is 20.3 Å². The van der Waals surface area contributed by atoms with Gasteiger partial charge in [0.15, 0.2) is 5.78 Å². The summed E-state index contributed by atoms with van der Waals surface area (Å²) in [4.78, 5) is 12.3. The van der Waals surface area contributed by atoms with Gasteiger partial charge < -0.3 is 0 Å². The van der Waals surface area contributed by atoms with Crippen LogP contribution >= 0.6 is 11.6 Å². The predicted molar refractivity (Wildman–Crippen MR) is 75.4 cm³/mol. The molecule has 2 aromatic carbocycles. The van der Waals surface area contributed by atoms with Crippen LogP contribution < -0.4 is 0 Å². The summed E-state index contributed by atoms with van der Waals surface area (Å²) >= 11 is 5.99. The molecule has 0 spiro atoms. The van der Waals surface area contributed by atoms with Crippen molar-refractivity contribution in [2.24, 2.45) is 0 Å². The Kier molecular flexibility index (Phi) is 4.01. The Bertz CT molecular complexity index is 614. The second kappa shape index (κ2) is 5.54. The highest BCUT2D eigenvalue weighted by molar-refractivity contribution is 6.31. The van der Waals surface area contributed by atoms with Crippen LogP contribution in [0.5, 0.6) is 0 Å². The van der Waals surface area contributed by atoms with Crippen molar-refractivity contribution in [1.29, 1.82) is 0 Å². The molecule has 0 fully saturated rings. The molecule has 0 unspecified atom stereocenters. The summed E-state index contributed by atoms with van der Waals surface area (Å²) in [7, 11) is 0. The standard InChI is InChI=1S/C16H14ClFO/c1-10-4-3-5-11(2)16(10)15(19)9-12-8-13(18)6-7-14(12)17/h3-8H,9H2,1-2H3. The highest BCUT2D eigenvalue weighted by atomic mass is 35.5. The van der Waals surface area contributed by atoms with Gasteiger partial charge in [0, 0.05) is 17.0 Å². The number of aryl methyl sites for hydroxylation is 2. The highest BCUT2D eigenvalue weighted by Gasteiger charge is 2.14. The fraction of sp³-hybridized carbons (Fsp3) is 0.188. The fourth-order valence-electron chi connectivity index (χ4n) is 2.19. The van der Waals surface area contributed by atoms with Gasteiger partial charge in [0.05, 0.1) is 0 Å². The molecule has 2 rings (SSSR count). The zero-order valence-electron chi connectivity index (χ0n) is 10.8. The second-order valence-electron chi connectivity index (χ2n) is 4.60. The largest absolute Gasteiger partial charge is 0.294 e. The molecule has 0 aromatic heterocycles. The van der Waals surface area contributed by atoms with Gasteiger partial charge in [0.2, 0.25) is 0 Å². The lowest BCUT2D eigenvalue weighted by molar-refractivity contribution is 0.0992. The predicted octanol–water partition coefficient (Wildman–Crippen LogP) is 4.52. The van der Waals surface area contributed by atoms with Gasteiger partial charge in [-0.2, -0.15) is 0 Å². The van der Waals surface area contributed by atoms with Crippen LogP contribution in [0.4, 0.5) is 4.39 Å². The molecule has 0 amide bonds. The van der Waals surface area contributed by atoms with Crippen molar-refractivity contribution in [2.75, 3.05) is 0 Å². The minimum atomic E-state index is -0.381. The monoisotopic (exact) mass is 276 g/mol. The average molecular weight is 277 g/mol. The number of rotatable bonds is 3. The molecule has 0 N–H and O–H groups in total. The van der Waals surface area contributed by atoms with Gasteiger partial charge >= 0.3 is 0 Å². The Morgan fingerprint density at radius 3 is 2.42 bits per heavy atom. The summed E-state index contributed by atoms with van der Waals surface area (Å²) in [6.07, 6.45) is 0.113. The van der Waals surface area contributed by atoms with Crippen LogP contribution in [0, 0.1) is 19.7 Å². The molecule has 0 heterocycles. The maximum absolute atomic E-state index is 13.2. The molecule has 0 aliphatic rings. The second-order valence-corrected chi connectivity index (χ2v) is 5.01. The Balaban J connectivity index is 2.34. The van der Waals surface area contributed by atoms with Gasteiger partial charge in [-0.15, -0.1) is 0 Å². The maximum Gasteiger partial charge on any atom is 0.167 e. The van der Waals surface area contributed by atoms with Crippen LogP contribution in [0.25, 0.3) is 0 Å². The SMILES string of the molecule is Cc1cccc(C)c1C(=O)Cc1cc(F)ccc1Cl. The Hall–Kier alpha value is -1.67. The zero-order valence-corrected chi connectivity index (χ0v) is 11.6. The first-order valence-electron chi connectivity index (χ1n) is 6.02. The number of hydrogen-bond donors (Lipinski definition) is 0. The van der Waals surface area contributed by atoms with Gasteiger partial charge in [-0.3, -0.25) is 4.79 Å². The van der Waals surface area contributed by atoms with E-state index in [0.717, 1.165) is 11.1 Å². The first kappa shape index (κ1) is 13.8. The first-order chi connectivity index (χ1) is 8.99. The molecular weight excluding hydrogens is 263 g/mol. The summed E-state index contributed by atoms with van der Waals surface area (Å²) in [6, 6.07) is 9.78. The fourth-order valence-corrected chi connectivity index (χ4v) is 2.38. The molecule has 0 saturated heterocycles. The molecule has 0 atom stereocenters. The lowest BCUT2D eigenvalue weighted by atomic mass is 9.95. The van der Waals surface area contributed by atoms with E-state index in [1.807, 2.05) is 32.0 Å². The number of carbonyl (C=O) groups excluding carboxylic acids is 1. The average Bonchev–Trinajstić information content (AvgIpc) is 2.33. The van der Waals surface area contributed by atoms with Gasteiger partial charge in [-0.25, -0.2) is 4.39 Å². The van der Waals surface area contributed by atoms with Crippen molar-refractivity contribution in [1.82, 2.24) is 0 Å². The summed E-state index contributed by atoms with van der Waals surface area (Å²) in [5.74, 6) is -0.420. The van der Waals surface area contributed by atoms with E-state index in [1.54, 1.807) is 0 Å². The van der Waals surface area contributed by atoms with E-state index in [2.05, 4.69) is 0 Å². The number of carbonyl (C=O) groups is 1. The number of Topliss-reactive ketones (excluding diaryl/α,β-unsaturated/α-hetero) is 1. The molecule has 0 aliphatic carbocycles. The molecule has 98 valence electrons. The van der Waals surface area contributed by atoms with Gasteiger partial charge in [-0.05, 0) is 48.7 Å². The van der Waals surface area contributed by atoms with Gasteiger partial charge in [0.1, 0.15) is 5.82 Å². The van der Waals surface area contributed by atoms with E-state index in [4.69, 9.17) is 11.6 Å². The van der Waals surface area contributed by atoms with Crippen LogP contribution in [-0.2, 0) is 6.42 Å². The van der Waals surface area contributed by atoms with Crippen LogP contribution in [0.3, 0.4) is 0 Å². The molecule has 0 radical (unpaired) electrons. The molecular formula is C16H14ClFO. The van der Waals surface area contributed by atoms with E-state index < -0.39 is 0 Å². The lowest BCUT2D eigenvalue weighted by Crippen LogP contribution is -2.08. The van der Waals surface area contributed by atoms with Crippen LogP contribution in [-0.4, -0.2) is 5.78 Å². The third-order valence-corrected chi connectivity index (χ3v) is 3.49. The van der Waals surface area contributed by atoms with E-state index >= 15 is 0 Å². The summed E-state index contributed by atoms with van der Waals surface area (Å²) in [5, 5.41) is 0.418. The van der Waals surface area contributed by atoms with E-state index in [0.29, 0.717) is 16.1 Å². The highest BCUT2D eigenvalue weighted by Crippen LogP contribution is 2.21. The molecule has 2 aromatic rings. The third kappa shape index (κ3) is 3.02. The number of halogens is 2. The van der Waals surface area contributed by atoms with E-state index in [-0.39, 0.29) is 18.0 Å². The Morgan fingerprint density at radius 1 is 1.16 bits per heavy atom. The molecule has 0 aliphatic heterocycles. The molecule has 1 nitrogen and oxygen atoms in total. The number of benzene rings is 2.